The molecule has 1 fully saturated rings. The van der Waals surface area contributed by atoms with Crippen LogP contribution in [0.1, 0.15) is 65.7 Å². The maximum absolute atomic E-state index is 6.14. The van der Waals surface area contributed by atoms with Gasteiger partial charge in [0.1, 0.15) is 0 Å². The minimum atomic E-state index is 0.225. The predicted octanol–water partition coefficient (Wildman–Crippen LogP) is 3.09. The summed E-state index contributed by atoms with van der Waals surface area (Å²) in [5, 5.41) is 0. The van der Waals surface area contributed by atoms with Crippen LogP contribution >= 0.6 is 0 Å². The van der Waals surface area contributed by atoms with Crippen LogP contribution in [0.4, 0.5) is 0 Å². The van der Waals surface area contributed by atoms with Crippen molar-refractivity contribution in [3.63, 3.8) is 0 Å². The quantitative estimate of drug-likeness (QED) is 0.706. The van der Waals surface area contributed by atoms with E-state index < -0.39 is 0 Å². The highest BCUT2D eigenvalue weighted by atomic mass is 15.2. The normalized spacial score (nSPS) is 21.6. The van der Waals surface area contributed by atoms with Gasteiger partial charge in [0, 0.05) is 24.7 Å². The topological polar surface area (TPSA) is 32.5 Å². The zero-order valence-electron chi connectivity index (χ0n) is 14.3. The van der Waals surface area contributed by atoms with Crippen molar-refractivity contribution in [3.8, 4) is 0 Å². The Kier molecular flexibility index (Phi) is 8.08. The molecule has 3 nitrogen and oxygen atoms in total. The fourth-order valence-electron chi connectivity index (χ4n) is 3.78. The monoisotopic (exact) mass is 283 g/mol. The van der Waals surface area contributed by atoms with Gasteiger partial charge in [-0.15, -0.1) is 0 Å². The first-order valence-electron chi connectivity index (χ1n) is 8.78. The summed E-state index contributed by atoms with van der Waals surface area (Å²) in [7, 11) is 2.30. The standard InChI is InChI=1S/C17H37N3/c1-5-12-20(17(6-2,7-3)15-18)14-11-16-10-8-9-13-19(16)4/h16H,5-15,18H2,1-4H3. The van der Waals surface area contributed by atoms with Crippen molar-refractivity contribution in [3.05, 3.63) is 0 Å². The Bertz CT molecular complexity index is 242. The largest absolute Gasteiger partial charge is 0.329 e. The molecule has 3 heteroatoms. The Hall–Kier alpha value is -0.120. The molecular weight excluding hydrogens is 246 g/mol. The van der Waals surface area contributed by atoms with E-state index in [0.717, 1.165) is 12.6 Å². The summed E-state index contributed by atoms with van der Waals surface area (Å²) in [4.78, 5) is 5.26. The van der Waals surface area contributed by atoms with Crippen molar-refractivity contribution >= 4 is 0 Å². The van der Waals surface area contributed by atoms with Gasteiger partial charge >= 0.3 is 0 Å². The summed E-state index contributed by atoms with van der Waals surface area (Å²) in [6, 6.07) is 0.785. The Morgan fingerprint density at radius 1 is 1.15 bits per heavy atom. The molecule has 0 radical (unpaired) electrons. The highest BCUT2D eigenvalue weighted by molar-refractivity contribution is 4.90. The van der Waals surface area contributed by atoms with E-state index in [-0.39, 0.29) is 5.54 Å². The molecule has 1 aliphatic heterocycles. The smallest absolute Gasteiger partial charge is 0.0326 e. The van der Waals surface area contributed by atoms with Gasteiger partial charge in [-0.2, -0.15) is 0 Å². The molecule has 0 saturated carbocycles. The molecule has 120 valence electrons. The number of rotatable bonds is 9. The number of likely N-dealkylation sites (tertiary alicyclic amines) is 1. The van der Waals surface area contributed by atoms with Crippen LogP contribution in [0.3, 0.4) is 0 Å². The van der Waals surface area contributed by atoms with Crippen molar-refractivity contribution in [2.45, 2.75) is 77.3 Å². The SMILES string of the molecule is CCCN(CCC1CCCCN1C)C(CC)(CC)CN. The van der Waals surface area contributed by atoms with Crippen LogP contribution < -0.4 is 5.73 Å². The first kappa shape index (κ1) is 17.9. The zero-order valence-corrected chi connectivity index (χ0v) is 14.3. The van der Waals surface area contributed by atoms with E-state index in [1.165, 1.54) is 64.6 Å². The molecule has 0 spiro atoms. The van der Waals surface area contributed by atoms with Gasteiger partial charge in [0.15, 0.2) is 0 Å². The van der Waals surface area contributed by atoms with E-state index in [2.05, 4.69) is 37.6 Å². The summed E-state index contributed by atoms with van der Waals surface area (Å²) in [6.07, 6.45) is 9.03. The highest BCUT2D eigenvalue weighted by Crippen LogP contribution is 2.25. The molecule has 1 rings (SSSR count). The lowest BCUT2D eigenvalue weighted by molar-refractivity contribution is 0.0671. The molecule has 1 atom stereocenters. The lowest BCUT2D eigenvalue weighted by atomic mass is 9.89. The molecule has 20 heavy (non-hydrogen) atoms. The summed E-state index contributed by atoms with van der Waals surface area (Å²) < 4.78 is 0. The molecule has 0 aliphatic carbocycles. The summed E-state index contributed by atoms with van der Waals surface area (Å²) in [5.74, 6) is 0. The number of piperidine rings is 1. The van der Waals surface area contributed by atoms with E-state index in [0.29, 0.717) is 0 Å². The van der Waals surface area contributed by atoms with E-state index in [1.54, 1.807) is 0 Å². The molecule has 1 aliphatic rings. The molecule has 1 unspecified atom stereocenters. The first-order chi connectivity index (χ1) is 9.63. The molecular formula is C17H37N3. The minimum Gasteiger partial charge on any atom is -0.329 e. The van der Waals surface area contributed by atoms with Crippen LogP contribution in [-0.4, -0.2) is 54.6 Å². The van der Waals surface area contributed by atoms with Crippen LogP contribution in [-0.2, 0) is 0 Å². The minimum absolute atomic E-state index is 0.225. The fraction of sp³-hybridized carbons (Fsp3) is 1.00. The molecule has 2 N–H and O–H groups in total. The van der Waals surface area contributed by atoms with Gasteiger partial charge in [-0.25, -0.2) is 0 Å². The number of hydrogen-bond donors (Lipinski definition) is 1. The van der Waals surface area contributed by atoms with Crippen molar-refractivity contribution < 1.29 is 0 Å². The summed E-state index contributed by atoms with van der Waals surface area (Å²) in [5.41, 5.74) is 6.37. The number of nitrogens with two attached hydrogens (primary N) is 1. The number of nitrogens with zero attached hydrogens (tertiary/aromatic N) is 2. The van der Waals surface area contributed by atoms with E-state index in [9.17, 15) is 0 Å². The second-order valence-electron chi connectivity index (χ2n) is 6.54. The molecule has 1 heterocycles. The van der Waals surface area contributed by atoms with E-state index in [4.69, 9.17) is 5.73 Å². The molecule has 0 amide bonds. The van der Waals surface area contributed by atoms with Gasteiger partial charge in [0.2, 0.25) is 0 Å². The Morgan fingerprint density at radius 2 is 1.85 bits per heavy atom. The summed E-state index contributed by atoms with van der Waals surface area (Å²) >= 11 is 0. The Labute approximate surface area is 126 Å². The van der Waals surface area contributed by atoms with Crippen molar-refractivity contribution in [1.82, 2.24) is 9.80 Å². The maximum atomic E-state index is 6.14. The molecule has 0 bridgehead atoms. The van der Waals surface area contributed by atoms with Gasteiger partial charge < -0.3 is 10.6 Å². The van der Waals surface area contributed by atoms with E-state index >= 15 is 0 Å². The van der Waals surface area contributed by atoms with Gasteiger partial charge in [0.25, 0.3) is 0 Å². The van der Waals surface area contributed by atoms with Gasteiger partial charge in [0.05, 0.1) is 0 Å². The molecule has 0 aromatic rings. The molecule has 1 saturated heterocycles. The van der Waals surface area contributed by atoms with Gasteiger partial charge in [-0.05, 0) is 58.7 Å². The molecule has 0 aromatic carbocycles. The third kappa shape index (κ3) is 4.44. The predicted molar refractivity (Wildman–Crippen MR) is 89.1 cm³/mol. The second kappa shape index (κ2) is 9.01. The van der Waals surface area contributed by atoms with Crippen LogP contribution in [0.5, 0.6) is 0 Å². The third-order valence-electron chi connectivity index (χ3n) is 5.51. The lowest BCUT2D eigenvalue weighted by Gasteiger charge is -2.44. The Balaban J connectivity index is 2.61. The first-order valence-corrected chi connectivity index (χ1v) is 8.78. The number of hydrogen-bond acceptors (Lipinski definition) is 3. The Morgan fingerprint density at radius 3 is 2.35 bits per heavy atom. The fourth-order valence-corrected chi connectivity index (χ4v) is 3.78. The van der Waals surface area contributed by atoms with Crippen LogP contribution in [0.2, 0.25) is 0 Å². The molecule has 0 aromatic heterocycles. The van der Waals surface area contributed by atoms with Crippen molar-refractivity contribution in [1.29, 1.82) is 0 Å². The third-order valence-corrected chi connectivity index (χ3v) is 5.51. The zero-order chi connectivity index (χ0) is 15.0. The van der Waals surface area contributed by atoms with Crippen molar-refractivity contribution in [2.24, 2.45) is 5.73 Å². The van der Waals surface area contributed by atoms with Crippen LogP contribution in [0.15, 0.2) is 0 Å². The maximum Gasteiger partial charge on any atom is 0.0326 e. The van der Waals surface area contributed by atoms with Gasteiger partial charge in [-0.1, -0.05) is 27.2 Å². The second-order valence-corrected chi connectivity index (χ2v) is 6.54. The summed E-state index contributed by atoms with van der Waals surface area (Å²) in [6.45, 7) is 11.4. The van der Waals surface area contributed by atoms with Crippen LogP contribution in [0, 0.1) is 0 Å². The highest BCUT2D eigenvalue weighted by Gasteiger charge is 2.32. The van der Waals surface area contributed by atoms with Gasteiger partial charge in [-0.3, -0.25) is 4.90 Å². The van der Waals surface area contributed by atoms with Crippen LogP contribution in [0.25, 0.3) is 0 Å². The van der Waals surface area contributed by atoms with E-state index in [1.807, 2.05) is 0 Å². The average Bonchev–Trinajstić information content (AvgIpc) is 2.48. The lowest BCUT2D eigenvalue weighted by Crippen LogP contribution is -2.54. The average molecular weight is 284 g/mol. The van der Waals surface area contributed by atoms with Crippen molar-refractivity contribution in [2.75, 3.05) is 33.2 Å².